The average Bonchev–Trinajstić information content (AvgIpc) is 3.01. The summed E-state index contributed by atoms with van der Waals surface area (Å²) >= 11 is 0. The fourth-order valence-electron chi connectivity index (χ4n) is 3.60. The number of aromatic nitrogens is 2. The first kappa shape index (κ1) is 21.8. The monoisotopic (exact) mass is 381 g/mol. The number of aryl methyl sites for hydroxylation is 2. The van der Waals surface area contributed by atoms with Crippen molar-refractivity contribution in [1.29, 1.82) is 0 Å². The Morgan fingerprint density at radius 1 is 1.18 bits per heavy atom. The average molecular weight is 382 g/mol. The maximum absolute atomic E-state index is 13.7. The Morgan fingerprint density at radius 2 is 1.86 bits per heavy atom. The maximum Gasteiger partial charge on any atom is 0.123 e. The second-order valence-corrected chi connectivity index (χ2v) is 6.74. The van der Waals surface area contributed by atoms with E-state index in [2.05, 4.69) is 40.2 Å². The molecule has 4 heteroatoms. The highest BCUT2D eigenvalue weighted by Gasteiger charge is 2.22. The van der Waals surface area contributed by atoms with Gasteiger partial charge in [-0.2, -0.15) is 0 Å². The van der Waals surface area contributed by atoms with E-state index in [9.17, 15) is 4.39 Å². The van der Waals surface area contributed by atoms with Gasteiger partial charge in [-0.25, -0.2) is 4.39 Å². The van der Waals surface area contributed by atoms with Gasteiger partial charge >= 0.3 is 0 Å². The van der Waals surface area contributed by atoms with Gasteiger partial charge in [-0.15, -0.1) is 6.58 Å². The molecular formula is C24H32FN3. The van der Waals surface area contributed by atoms with E-state index in [1.807, 2.05) is 39.2 Å². The molecule has 3 nitrogen and oxygen atoms in total. The molecule has 3 aromatic rings. The molecule has 1 aromatic carbocycles. The molecule has 0 fully saturated rings. The summed E-state index contributed by atoms with van der Waals surface area (Å²) in [6, 6.07) is 9.31. The van der Waals surface area contributed by atoms with Crippen molar-refractivity contribution in [1.82, 2.24) is 14.5 Å². The van der Waals surface area contributed by atoms with Crippen LogP contribution in [0.25, 0.3) is 10.9 Å². The van der Waals surface area contributed by atoms with Crippen molar-refractivity contribution in [2.45, 2.75) is 46.7 Å². The number of halogens is 1. The molecule has 0 unspecified atom stereocenters. The first-order valence-corrected chi connectivity index (χ1v) is 10.1. The number of fused-ring (bicyclic) bond motifs is 3. The van der Waals surface area contributed by atoms with E-state index in [1.165, 1.54) is 16.8 Å². The van der Waals surface area contributed by atoms with Crippen molar-refractivity contribution < 1.29 is 4.39 Å². The molecule has 0 saturated heterocycles. The molecule has 2 aromatic heterocycles. The lowest BCUT2D eigenvalue weighted by Gasteiger charge is -2.24. The van der Waals surface area contributed by atoms with Crippen LogP contribution < -0.4 is 0 Å². The number of benzene rings is 1. The van der Waals surface area contributed by atoms with Gasteiger partial charge < -0.3 is 9.47 Å². The third-order valence-corrected chi connectivity index (χ3v) is 4.78. The van der Waals surface area contributed by atoms with Crippen molar-refractivity contribution >= 4 is 10.9 Å². The Kier molecular flexibility index (Phi) is 8.40. The van der Waals surface area contributed by atoms with Crippen LogP contribution in [0.4, 0.5) is 4.39 Å². The summed E-state index contributed by atoms with van der Waals surface area (Å²) in [7, 11) is 2.13. The smallest absolute Gasteiger partial charge is 0.123 e. The van der Waals surface area contributed by atoms with Crippen LogP contribution in [0.2, 0.25) is 0 Å². The zero-order chi connectivity index (χ0) is 20.5. The summed E-state index contributed by atoms with van der Waals surface area (Å²) in [5, 5.41) is 1.07. The van der Waals surface area contributed by atoms with E-state index in [-0.39, 0.29) is 5.82 Å². The number of likely N-dealkylation sites (N-methyl/N-ethyl adjacent to an activating group) is 1. The molecular weight excluding hydrogens is 349 g/mol. The van der Waals surface area contributed by atoms with Gasteiger partial charge in [0.2, 0.25) is 0 Å². The summed E-state index contributed by atoms with van der Waals surface area (Å²) in [5.74, 6) is -0.153. The zero-order valence-electron chi connectivity index (χ0n) is 17.6. The highest BCUT2D eigenvalue weighted by Crippen LogP contribution is 2.31. The Balaban J connectivity index is 0.000000514. The van der Waals surface area contributed by atoms with E-state index < -0.39 is 0 Å². The van der Waals surface area contributed by atoms with Crippen LogP contribution in [-0.2, 0) is 25.9 Å². The van der Waals surface area contributed by atoms with Crippen LogP contribution in [0.3, 0.4) is 0 Å². The third-order valence-electron chi connectivity index (χ3n) is 4.78. The van der Waals surface area contributed by atoms with Gasteiger partial charge in [-0.1, -0.05) is 19.9 Å². The second kappa shape index (κ2) is 10.8. The lowest BCUT2D eigenvalue weighted by molar-refractivity contribution is 0.309. The van der Waals surface area contributed by atoms with E-state index in [1.54, 1.807) is 18.2 Å². The van der Waals surface area contributed by atoms with Gasteiger partial charge in [0.1, 0.15) is 5.82 Å². The van der Waals surface area contributed by atoms with Crippen LogP contribution in [0, 0.1) is 5.82 Å². The number of rotatable bonds is 3. The minimum Gasteiger partial charge on any atom is -0.344 e. The molecule has 0 aliphatic carbocycles. The minimum absolute atomic E-state index is 0.153. The van der Waals surface area contributed by atoms with Gasteiger partial charge in [-0.3, -0.25) is 4.98 Å². The van der Waals surface area contributed by atoms with Gasteiger partial charge in [0.15, 0.2) is 0 Å². The Morgan fingerprint density at radius 3 is 2.54 bits per heavy atom. The molecule has 3 heterocycles. The molecule has 1 aliphatic heterocycles. The highest BCUT2D eigenvalue weighted by atomic mass is 19.1. The van der Waals surface area contributed by atoms with Crippen molar-refractivity contribution in [2.75, 3.05) is 13.6 Å². The molecule has 150 valence electrons. The molecule has 28 heavy (non-hydrogen) atoms. The predicted molar refractivity (Wildman–Crippen MR) is 117 cm³/mol. The van der Waals surface area contributed by atoms with E-state index in [0.29, 0.717) is 0 Å². The van der Waals surface area contributed by atoms with Crippen LogP contribution in [0.5, 0.6) is 0 Å². The lowest BCUT2D eigenvalue weighted by Crippen LogP contribution is -2.27. The van der Waals surface area contributed by atoms with Crippen LogP contribution in [0.1, 0.15) is 37.6 Å². The Labute approximate surface area is 168 Å². The van der Waals surface area contributed by atoms with Crippen LogP contribution in [-0.4, -0.2) is 28.0 Å². The number of allylic oxidation sites excluding steroid dienone is 1. The first-order chi connectivity index (χ1) is 13.6. The summed E-state index contributed by atoms with van der Waals surface area (Å²) in [4.78, 5) is 6.38. The normalized spacial score (nSPS) is 13.0. The number of pyridine rings is 1. The number of hydrogen-bond donors (Lipinski definition) is 0. The van der Waals surface area contributed by atoms with E-state index in [0.717, 1.165) is 43.4 Å². The summed E-state index contributed by atoms with van der Waals surface area (Å²) in [5.41, 5.74) is 5.10. The van der Waals surface area contributed by atoms with E-state index in [4.69, 9.17) is 0 Å². The number of nitrogens with zero attached hydrogens (tertiary/aromatic N) is 3. The van der Waals surface area contributed by atoms with Crippen molar-refractivity contribution in [2.24, 2.45) is 0 Å². The Bertz CT molecular complexity index is 884. The molecule has 4 rings (SSSR count). The zero-order valence-corrected chi connectivity index (χ0v) is 17.6. The SMILES string of the molecule is C=CC.CC.CN1CCc2c(c3cc(F)ccc3n2CCc2ccncc2)C1. The maximum atomic E-state index is 13.7. The minimum atomic E-state index is -0.153. The third kappa shape index (κ3) is 5.08. The standard InChI is InChI=1S/C19H20FN3.C3H6.C2H6/c1-22-10-7-19-17(13-22)16-12-15(20)2-3-18(16)23(19)11-6-14-4-8-21-9-5-14;1-3-2;1-2/h2-5,8-9,12H,6-7,10-11,13H2,1H3;3H,1H2,2H3;1-2H3. The summed E-state index contributed by atoms with van der Waals surface area (Å²) in [6.07, 6.45) is 7.41. The fraction of sp³-hybridized carbons (Fsp3) is 0.375. The molecule has 0 bridgehead atoms. The quantitative estimate of drug-likeness (QED) is 0.549. The van der Waals surface area contributed by atoms with Crippen molar-refractivity contribution in [3.8, 4) is 0 Å². The molecule has 0 amide bonds. The van der Waals surface area contributed by atoms with Crippen molar-refractivity contribution in [3.63, 3.8) is 0 Å². The molecule has 1 aliphatic rings. The second-order valence-electron chi connectivity index (χ2n) is 6.74. The molecule has 0 spiro atoms. The molecule has 0 atom stereocenters. The fourth-order valence-corrected chi connectivity index (χ4v) is 3.60. The first-order valence-electron chi connectivity index (χ1n) is 10.1. The van der Waals surface area contributed by atoms with Crippen LogP contribution >= 0.6 is 0 Å². The summed E-state index contributed by atoms with van der Waals surface area (Å²) < 4.78 is 16.1. The molecule has 0 radical (unpaired) electrons. The predicted octanol–water partition coefficient (Wildman–Crippen LogP) is 5.62. The van der Waals surface area contributed by atoms with Crippen LogP contribution in [0.15, 0.2) is 55.4 Å². The topological polar surface area (TPSA) is 21.1 Å². The van der Waals surface area contributed by atoms with Gasteiger partial charge in [0, 0.05) is 55.0 Å². The molecule has 0 saturated carbocycles. The van der Waals surface area contributed by atoms with Gasteiger partial charge in [0.05, 0.1) is 0 Å². The lowest BCUT2D eigenvalue weighted by atomic mass is 10.0. The largest absolute Gasteiger partial charge is 0.344 e. The Hall–Kier alpha value is -2.46. The van der Waals surface area contributed by atoms with E-state index >= 15 is 0 Å². The van der Waals surface area contributed by atoms with Gasteiger partial charge in [-0.05, 0) is 61.9 Å². The summed E-state index contributed by atoms with van der Waals surface area (Å²) in [6.45, 7) is 12.1. The van der Waals surface area contributed by atoms with Crippen molar-refractivity contribution in [3.05, 3.63) is 78.0 Å². The highest BCUT2D eigenvalue weighted by molar-refractivity contribution is 5.86. The van der Waals surface area contributed by atoms with Gasteiger partial charge in [0.25, 0.3) is 0 Å². The number of hydrogen-bond acceptors (Lipinski definition) is 2. The molecule has 0 N–H and O–H groups in total.